The Kier molecular flexibility index (Phi) is 11.3. The predicted molar refractivity (Wildman–Crippen MR) is 160 cm³/mol. The summed E-state index contributed by atoms with van der Waals surface area (Å²) in [4.78, 5) is 28.4. The topological polar surface area (TPSA) is 101 Å². The molecule has 0 aromatic heterocycles. The first-order chi connectivity index (χ1) is 20.0. The molecule has 218 valence electrons. The van der Waals surface area contributed by atoms with Gasteiger partial charge in [0.1, 0.15) is 17.2 Å². The van der Waals surface area contributed by atoms with Gasteiger partial charge in [-0.25, -0.2) is 0 Å². The second kappa shape index (κ2) is 15.5. The molecule has 0 spiro atoms. The van der Waals surface area contributed by atoms with Gasteiger partial charge in [-0.2, -0.15) is 0 Å². The van der Waals surface area contributed by atoms with Crippen LogP contribution in [0.2, 0.25) is 0 Å². The van der Waals surface area contributed by atoms with Crippen LogP contribution in [0.4, 0.5) is 11.4 Å². The van der Waals surface area contributed by atoms with Crippen molar-refractivity contribution in [2.75, 3.05) is 63.3 Å². The lowest BCUT2D eigenvalue weighted by Gasteiger charge is -2.36. The van der Waals surface area contributed by atoms with Crippen LogP contribution in [0.5, 0.6) is 17.2 Å². The van der Waals surface area contributed by atoms with Gasteiger partial charge in [0.05, 0.1) is 31.7 Å². The molecule has 9 nitrogen and oxygen atoms in total. The number of anilines is 2. The fourth-order valence-corrected chi connectivity index (χ4v) is 4.73. The average Bonchev–Trinajstić information content (AvgIpc) is 3.00. The molecule has 0 aliphatic carbocycles. The molecule has 41 heavy (non-hydrogen) atoms. The molecule has 0 atom stereocenters. The zero-order valence-corrected chi connectivity index (χ0v) is 23.6. The lowest BCUT2D eigenvalue weighted by atomic mass is 10.2. The number of aliphatic carboxylic acids is 1. The van der Waals surface area contributed by atoms with Crippen LogP contribution in [0.3, 0.4) is 0 Å². The largest absolute Gasteiger partial charge is 0.495 e. The number of benzene rings is 3. The van der Waals surface area contributed by atoms with Crippen LogP contribution < -0.4 is 24.4 Å². The molecule has 0 radical (unpaired) electrons. The summed E-state index contributed by atoms with van der Waals surface area (Å²) in [6.07, 6.45) is 2.44. The molecular weight excluding hydrogens is 522 g/mol. The van der Waals surface area contributed by atoms with Crippen molar-refractivity contribution in [2.24, 2.45) is 0 Å². The van der Waals surface area contributed by atoms with Crippen molar-refractivity contribution in [3.63, 3.8) is 0 Å². The van der Waals surface area contributed by atoms with Gasteiger partial charge in [-0.15, -0.1) is 0 Å². The van der Waals surface area contributed by atoms with Crippen LogP contribution in [-0.2, 0) is 4.79 Å². The number of rotatable bonds is 15. The number of ether oxygens (including phenoxy) is 3. The summed E-state index contributed by atoms with van der Waals surface area (Å²) in [6, 6.07) is 22.4. The van der Waals surface area contributed by atoms with Crippen LogP contribution >= 0.6 is 0 Å². The minimum Gasteiger partial charge on any atom is -0.495 e. The van der Waals surface area contributed by atoms with Crippen molar-refractivity contribution in [1.29, 1.82) is 0 Å². The molecule has 1 heterocycles. The molecule has 9 heteroatoms. The highest BCUT2D eigenvalue weighted by molar-refractivity contribution is 6.05. The molecule has 1 saturated heterocycles. The number of carboxylic acids is 1. The fourth-order valence-electron chi connectivity index (χ4n) is 4.73. The predicted octanol–water partition coefficient (Wildman–Crippen LogP) is 5.17. The van der Waals surface area contributed by atoms with Gasteiger partial charge in [0.25, 0.3) is 5.91 Å². The van der Waals surface area contributed by atoms with E-state index in [4.69, 9.17) is 19.3 Å². The van der Waals surface area contributed by atoms with E-state index in [2.05, 4.69) is 27.2 Å². The van der Waals surface area contributed by atoms with Gasteiger partial charge >= 0.3 is 5.97 Å². The van der Waals surface area contributed by atoms with E-state index in [0.29, 0.717) is 30.0 Å². The Morgan fingerprint density at radius 2 is 1.49 bits per heavy atom. The summed E-state index contributed by atoms with van der Waals surface area (Å²) in [7, 11) is 1.72. The SMILES string of the molecule is COc1ccccc1N1CCN(CCCCOc2ccc(C(=O)Nc3ccccc3OCCCC(=O)O)cc2)CC1. The number of amides is 1. The van der Waals surface area contributed by atoms with Gasteiger partial charge in [-0.05, 0) is 74.3 Å². The molecule has 4 rings (SSSR count). The monoisotopic (exact) mass is 561 g/mol. The summed E-state index contributed by atoms with van der Waals surface area (Å²) in [5, 5.41) is 11.6. The van der Waals surface area contributed by atoms with E-state index in [1.807, 2.05) is 12.1 Å². The van der Waals surface area contributed by atoms with E-state index in [-0.39, 0.29) is 18.9 Å². The number of methoxy groups -OCH3 is 1. The number of para-hydroxylation sites is 4. The lowest BCUT2D eigenvalue weighted by molar-refractivity contribution is -0.137. The first kappa shape index (κ1) is 29.7. The fraction of sp³-hybridized carbons (Fsp3) is 0.375. The van der Waals surface area contributed by atoms with E-state index in [9.17, 15) is 9.59 Å². The molecule has 1 aliphatic rings. The zero-order valence-electron chi connectivity index (χ0n) is 23.6. The van der Waals surface area contributed by atoms with Crippen molar-refractivity contribution < 1.29 is 28.9 Å². The highest BCUT2D eigenvalue weighted by atomic mass is 16.5. The Hall–Kier alpha value is -4.24. The summed E-state index contributed by atoms with van der Waals surface area (Å²) in [5.41, 5.74) is 2.20. The Labute approximate surface area is 241 Å². The molecule has 1 aliphatic heterocycles. The number of carbonyl (C=O) groups is 2. The molecule has 0 bridgehead atoms. The molecule has 3 aromatic rings. The van der Waals surface area contributed by atoms with Crippen molar-refractivity contribution in [3.05, 3.63) is 78.4 Å². The smallest absolute Gasteiger partial charge is 0.303 e. The Bertz CT molecular complexity index is 1260. The number of hydrogen-bond acceptors (Lipinski definition) is 7. The molecule has 0 saturated carbocycles. The third-order valence-corrected chi connectivity index (χ3v) is 6.98. The number of carbonyl (C=O) groups excluding carboxylic acids is 1. The number of hydrogen-bond donors (Lipinski definition) is 2. The second-order valence-electron chi connectivity index (χ2n) is 9.88. The summed E-state index contributed by atoms with van der Waals surface area (Å²) >= 11 is 0. The van der Waals surface area contributed by atoms with Gasteiger partial charge in [-0.3, -0.25) is 14.5 Å². The first-order valence-corrected chi connectivity index (χ1v) is 14.1. The van der Waals surface area contributed by atoms with Crippen LogP contribution in [0.1, 0.15) is 36.0 Å². The maximum atomic E-state index is 12.8. The normalized spacial score (nSPS) is 13.4. The van der Waals surface area contributed by atoms with Crippen molar-refractivity contribution in [3.8, 4) is 17.2 Å². The number of nitrogens with one attached hydrogen (secondary N) is 1. The molecule has 3 aromatic carbocycles. The lowest BCUT2D eigenvalue weighted by Crippen LogP contribution is -2.46. The maximum absolute atomic E-state index is 12.8. The maximum Gasteiger partial charge on any atom is 0.303 e. The molecule has 0 unspecified atom stereocenters. The van der Waals surface area contributed by atoms with Crippen LogP contribution in [0, 0.1) is 0 Å². The quantitative estimate of drug-likeness (QED) is 0.245. The third-order valence-electron chi connectivity index (χ3n) is 6.98. The highest BCUT2D eigenvalue weighted by Crippen LogP contribution is 2.28. The van der Waals surface area contributed by atoms with Crippen LogP contribution in [-0.4, -0.2) is 74.9 Å². The highest BCUT2D eigenvalue weighted by Gasteiger charge is 2.19. The van der Waals surface area contributed by atoms with Crippen LogP contribution in [0.25, 0.3) is 0 Å². The van der Waals surface area contributed by atoms with E-state index in [1.54, 1.807) is 55.6 Å². The van der Waals surface area contributed by atoms with Gasteiger partial charge in [0.15, 0.2) is 0 Å². The summed E-state index contributed by atoms with van der Waals surface area (Å²) in [5.74, 6) is 1.04. The van der Waals surface area contributed by atoms with E-state index >= 15 is 0 Å². The van der Waals surface area contributed by atoms with Crippen molar-refractivity contribution in [1.82, 2.24) is 4.90 Å². The van der Waals surface area contributed by atoms with E-state index in [1.165, 1.54) is 0 Å². The molecule has 1 amide bonds. The number of unbranched alkanes of at least 4 members (excludes halogenated alkanes) is 1. The second-order valence-corrected chi connectivity index (χ2v) is 9.88. The molecular formula is C32H39N3O6. The Morgan fingerprint density at radius 1 is 0.805 bits per heavy atom. The minimum absolute atomic E-state index is 0.0335. The van der Waals surface area contributed by atoms with Crippen molar-refractivity contribution >= 4 is 23.3 Å². The zero-order chi connectivity index (χ0) is 28.9. The Morgan fingerprint density at radius 3 is 2.22 bits per heavy atom. The van der Waals surface area contributed by atoms with Crippen molar-refractivity contribution in [2.45, 2.75) is 25.7 Å². The van der Waals surface area contributed by atoms with Gasteiger partial charge in [0, 0.05) is 38.2 Å². The van der Waals surface area contributed by atoms with E-state index < -0.39 is 5.97 Å². The molecule has 1 fully saturated rings. The van der Waals surface area contributed by atoms with Gasteiger partial charge in [0.2, 0.25) is 0 Å². The standard InChI is InChI=1S/C32H39N3O6/c1-39-30-12-5-3-10-28(30)35-21-19-34(20-22-35)18-6-7-23-40-26-16-14-25(15-17-26)32(38)33-27-9-2-4-11-29(27)41-24-8-13-31(36)37/h2-5,9-12,14-17H,6-8,13,18-24H2,1H3,(H,33,38)(H,36,37). The van der Waals surface area contributed by atoms with Gasteiger partial charge in [-0.1, -0.05) is 24.3 Å². The number of piperazine rings is 1. The van der Waals surface area contributed by atoms with E-state index in [0.717, 1.165) is 62.8 Å². The minimum atomic E-state index is -0.863. The molecule has 2 N–H and O–H groups in total. The first-order valence-electron chi connectivity index (χ1n) is 14.1. The third kappa shape index (κ3) is 9.14. The summed E-state index contributed by atoms with van der Waals surface area (Å²) in [6.45, 7) is 5.97. The van der Waals surface area contributed by atoms with Gasteiger partial charge < -0.3 is 29.5 Å². The number of nitrogens with zero attached hydrogens (tertiary/aromatic N) is 2. The van der Waals surface area contributed by atoms with Crippen LogP contribution in [0.15, 0.2) is 72.8 Å². The average molecular weight is 562 g/mol. The number of carboxylic acid groups (broad SMARTS) is 1. The Balaban J connectivity index is 1.14. The summed E-state index contributed by atoms with van der Waals surface area (Å²) < 4.78 is 17.1.